The zero-order valence-corrected chi connectivity index (χ0v) is 5.02. The minimum absolute atomic E-state index is 0.0741. The molecule has 0 radical (unpaired) electrons. The first kappa shape index (κ1) is 6.85. The highest BCUT2D eigenvalue weighted by Crippen LogP contribution is 2.23. The van der Waals surface area contributed by atoms with E-state index in [1.165, 1.54) is 12.1 Å². The number of rotatable bonds is 2. The van der Waals surface area contributed by atoms with Crippen molar-refractivity contribution in [3.63, 3.8) is 0 Å². The van der Waals surface area contributed by atoms with E-state index in [1.54, 1.807) is 12.1 Å². The molecule has 0 unspecified atom stereocenters. The summed E-state index contributed by atoms with van der Waals surface area (Å²) >= 11 is 0. The predicted octanol–water partition coefficient (Wildman–Crippen LogP) is 1.18. The molecule has 0 heterocycles. The molecule has 0 bridgehead atoms. The fourth-order valence-electron chi connectivity index (χ4n) is 0.568. The van der Waals surface area contributed by atoms with Crippen LogP contribution in [0.1, 0.15) is 0 Å². The van der Waals surface area contributed by atoms with Crippen LogP contribution in [-0.2, 0) is 5.04 Å². The molecule has 54 valence electrons. The topological polar surface area (TPSA) is 58.9 Å². The van der Waals surface area contributed by atoms with E-state index in [0.717, 1.165) is 0 Å². The number of phenolic OH excluding ortho intramolecular Hbond substituents is 1. The maximum absolute atomic E-state index is 8.93. The minimum atomic E-state index is -0.0865. The summed E-state index contributed by atoms with van der Waals surface area (Å²) in [6.07, 6.45) is 0. The highest BCUT2D eigenvalue weighted by molar-refractivity contribution is 5.37. The Hall–Kier alpha value is -1.26. The van der Waals surface area contributed by atoms with Gasteiger partial charge in [0.1, 0.15) is 0 Å². The van der Waals surface area contributed by atoms with Gasteiger partial charge in [0.2, 0.25) is 5.75 Å². The maximum atomic E-state index is 8.93. The quantitative estimate of drug-likeness (QED) is 0.480. The first-order chi connectivity index (χ1) is 4.84. The Morgan fingerprint density at radius 3 is 2.50 bits per heavy atom. The van der Waals surface area contributed by atoms with Crippen molar-refractivity contribution in [3.8, 4) is 11.5 Å². The van der Waals surface area contributed by atoms with Gasteiger partial charge in [0.05, 0.1) is 0 Å². The summed E-state index contributed by atoms with van der Waals surface area (Å²) in [5, 5.41) is 20.1. The van der Waals surface area contributed by atoms with Crippen LogP contribution in [-0.4, -0.2) is 10.4 Å². The fraction of sp³-hybridized carbons (Fsp3) is 0. The smallest absolute Gasteiger partial charge is 0.210 e. The Kier molecular flexibility index (Phi) is 2.09. The number of hydrogen-bond donors (Lipinski definition) is 2. The van der Waals surface area contributed by atoms with E-state index in [9.17, 15) is 0 Å². The minimum Gasteiger partial charge on any atom is -0.504 e. The number of phenols is 1. The molecule has 0 saturated heterocycles. The van der Waals surface area contributed by atoms with Crippen LogP contribution >= 0.6 is 0 Å². The third-order valence-electron chi connectivity index (χ3n) is 0.992. The molecule has 0 aliphatic rings. The molecule has 1 rings (SSSR count). The summed E-state index contributed by atoms with van der Waals surface area (Å²) in [4.78, 5) is 4.14. The lowest BCUT2D eigenvalue weighted by Crippen LogP contribution is -1.90. The Bertz CT molecular complexity index is 211. The van der Waals surface area contributed by atoms with E-state index in [0.29, 0.717) is 0 Å². The van der Waals surface area contributed by atoms with Crippen molar-refractivity contribution in [3.05, 3.63) is 24.3 Å². The first-order valence-corrected chi connectivity index (χ1v) is 2.60. The lowest BCUT2D eigenvalue weighted by molar-refractivity contribution is -0.439. The average molecular weight is 142 g/mol. The highest BCUT2D eigenvalue weighted by atomic mass is 17.5. The van der Waals surface area contributed by atoms with Crippen molar-refractivity contribution < 1.29 is 20.3 Å². The molecule has 1 aromatic carbocycles. The monoisotopic (exact) mass is 142 g/mol. The van der Waals surface area contributed by atoms with Gasteiger partial charge in [0.15, 0.2) is 5.75 Å². The third-order valence-corrected chi connectivity index (χ3v) is 0.992. The van der Waals surface area contributed by atoms with Gasteiger partial charge < -0.3 is 9.99 Å². The van der Waals surface area contributed by atoms with Gasteiger partial charge in [-0.3, -0.25) is 0 Å². The van der Waals surface area contributed by atoms with Crippen molar-refractivity contribution >= 4 is 0 Å². The van der Waals surface area contributed by atoms with Gasteiger partial charge in [-0.05, 0) is 17.2 Å². The molecule has 0 aromatic heterocycles. The molecule has 0 aliphatic carbocycles. The van der Waals surface area contributed by atoms with Crippen LogP contribution in [0.4, 0.5) is 0 Å². The zero-order chi connectivity index (χ0) is 7.40. The van der Waals surface area contributed by atoms with E-state index >= 15 is 0 Å². The highest BCUT2D eigenvalue weighted by Gasteiger charge is 1.98. The van der Waals surface area contributed by atoms with Crippen LogP contribution in [0.3, 0.4) is 0 Å². The second-order valence-corrected chi connectivity index (χ2v) is 1.63. The lowest BCUT2D eigenvalue weighted by Gasteiger charge is -1.98. The molecule has 4 heteroatoms. The van der Waals surface area contributed by atoms with Gasteiger partial charge in [-0.25, -0.2) is 5.26 Å². The second kappa shape index (κ2) is 3.05. The van der Waals surface area contributed by atoms with Gasteiger partial charge in [-0.15, -0.1) is 0 Å². The average Bonchev–Trinajstić information content (AvgIpc) is 1.94. The van der Waals surface area contributed by atoms with Crippen molar-refractivity contribution in [1.82, 2.24) is 0 Å². The van der Waals surface area contributed by atoms with E-state index in [-0.39, 0.29) is 11.5 Å². The fourth-order valence-corrected chi connectivity index (χ4v) is 0.568. The van der Waals surface area contributed by atoms with E-state index < -0.39 is 0 Å². The molecule has 0 saturated carbocycles. The van der Waals surface area contributed by atoms with Gasteiger partial charge in [-0.2, -0.15) is 0 Å². The van der Waals surface area contributed by atoms with Crippen LogP contribution in [0.25, 0.3) is 0 Å². The summed E-state index contributed by atoms with van der Waals surface area (Å²) in [7, 11) is 0. The molecule has 0 aliphatic heterocycles. The Balaban J connectivity index is 2.81. The first-order valence-electron chi connectivity index (χ1n) is 2.60. The van der Waals surface area contributed by atoms with E-state index in [4.69, 9.17) is 10.4 Å². The number of para-hydroxylation sites is 2. The third kappa shape index (κ3) is 1.37. The van der Waals surface area contributed by atoms with Gasteiger partial charge in [-0.1, -0.05) is 12.1 Å². The number of hydrogen-bond acceptors (Lipinski definition) is 4. The molecule has 1 aromatic rings. The molecule has 0 amide bonds. The summed E-state index contributed by atoms with van der Waals surface area (Å²) < 4.78 is 0. The Morgan fingerprint density at radius 2 is 1.90 bits per heavy atom. The summed E-state index contributed by atoms with van der Waals surface area (Å²) in [6, 6.07) is 6.12. The normalized spacial score (nSPS) is 9.30. The summed E-state index contributed by atoms with van der Waals surface area (Å²) in [5.74, 6) is -0.0125. The van der Waals surface area contributed by atoms with Crippen LogP contribution in [0, 0.1) is 0 Å². The largest absolute Gasteiger partial charge is 0.504 e. The molecular formula is C6H6O4. The molecule has 2 N–H and O–H groups in total. The summed E-state index contributed by atoms with van der Waals surface area (Å²) in [5.41, 5.74) is 0. The molecular weight excluding hydrogens is 136 g/mol. The van der Waals surface area contributed by atoms with E-state index in [1.807, 2.05) is 0 Å². The van der Waals surface area contributed by atoms with Crippen molar-refractivity contribution in [2.45, 2.75) is 0 Å². The molecule has 0 atom stereocenters. The second-order valence-electron chi connectivity index (χ2n) is 1.63. The zero-order valence-electron chi connectivity index (χ0n) is 5.02. The van der Waals surface area contributed by atoms with Gasteiger partial charge >= 0.3 is 0 Å². The van der Waals surface area contributed by atoms with E-state index in [2.05, 4.69) is 9.93 Å². The summed E-state index contributed by atoms with van der Waals surface area (Å²) in [6.45, 7) is 0. The van der Waals surface area contributed by atoms with Crippen LogP contribution in [0.5, 0.6) is 11.5 Å². The van der Waals surface area contributed by atoms with Crippen molar-refractivity contribution in [2.75, 3.05) is 0 Å². The Labute approximate surface area is 57.1 Å². The maximum Gasteiger partial charge on any atom is 0.210 e. The number of aromatic hydroxyl groups is 1. The molecule has 0 spiro atoms. The SMILES string of the molecule is OOOc1ccccc1O. The molecule has 0 fully saturated rings. The van der Waals surface area contributed by atoms with Crippen molar-refractivity contribution in [2.24, 2.45) is 0 Å². The lowest BCUT2D eigenvalue weighted by atomic mass is 10.3. The van der Waals surface area contributed by atoms with Crippen LogP contribution in [0.15, 0.2) is 24.3 Å². The Morgan fingerprint density at radius 1 is 1.20 bits per heavy atom. The van der Waals surface area contributed by atoms with Gasteiger partial charge in [0.25, 0.3) is 0 Å². The molecule has 4 nitrogen and oxygen atoms in total. The van der Waals surface area contributed by atoms with Crippen LogP contribution in [0.2, 0.25) is 0 Å². The van der Waals surface area contributed by atoms with Crippen LogP contribution < -0.4 is 4.89 Å². The molecule has 10 heavy (non-hydrogen) atoms. The van der Waals surface area contributed by atoms with Crippen molar-refractivity contribution in [1.29, 1.82) is 0 Å². The predicted molar refractivity (Wildman–Crippen MR) is 32.4 cm³/mol. The number of benzene rings is 1. The standard InChI is InChI=1S/C6H6O4/c7-5-3-1-2-4-6(5)9-10-8/h1-4,7-8H. The van der Waals surface area contributed by atoms with Gasteiger partial charge in [0, 0.05) is 0 Å².